The van der Waals surface area contributed by atoms with Gasteiger partial charge in [0, 0.05) is 11.8 Å². The molecule has 0 bridgehead atoms. The van der Waals surface area contributed by atoms with Crippen molar-refractivity contribution >= 4 is 15.8 Å². The number of aromatic nitrogens is 2. The van der Waals surface area contributed by atoms with E-state index in [4.69, 9.17) is 4.52 Å². The van der Waals surface area contributed by atoms with Crippen molar-refractivity contribution in [2.24, 2.45) is 0 Å². The molecule has 0 radical (unpaired) electrons. The Hall–Kier alpha value is -1.96. The van der Waals surface area contributed by atoms with Gasteiger partial charge in [0.25, 0.3) is 10.0 Å². The first kappa shape index (κ1) is 12.1. The summed E-state index contributed by atoms with van der Waals surface area (Å²) in [5, 5.41) is 3.63. The van der Waals surface area contributed by atoms with E-state index in [2.05, 4.69) is 14.9 Å². The van der Waals surface area contributed by atoms with E-state index in [-0.39, 0.29) is 16.6 Å². The second kappa shape index (κ2) is 4.30. The Morgan fingerprint density at radius 1 is 1.37 bits per heavy atom. The molecule has 100 valence electrons. The molecule has 19 heavy (non-hydrogen) atoms. The van der Waals surface area contributed by atoms with E-state index in [0.29, 0.717) is 0 Å². The van der Waals surface area contributed by atoms with Gasteiger partial charge >= 0.3 is 0 Å². The van der Waals surface area contributed by atoms with Gasteiger partial charge in [0.15, 0.2) is 5.82 Å². The Morgan fingerprint density at radius 3 is 2.84 bits per heavy atom. The molecule has 0 spiro atoms. The summed E-state index contributed by atoms with van der Waals surface area (Å²) in [7, 11) is -3.91. The van der Waals surface area contributed by atoms with Crippen molar-refractivity contribution in [3.05, 3.63) is 36.1 Å². The molecule has 0 atom stereocenters. The minimum atomic E-state index is -3.91. The van der Waals surface area contributed by atoms with E-state index >= 15 is 0 Å². The van der Waals surface area contributed by atoms with Crippen LogP contribution in [-0.4, -0.2) is 18.6 Å². The third-order valence-electron chi connectivity index (χ3n) is 2.84. The lowest BCUT2D eigenvalue weighted by Gasteiger charge is -2.06. The van der Waals surface area contributed by atoms with E-state index < -0.39 is 15.8 Å². The molecular formula is C11H10FN3O3S. The van der Waals surface area contributed by atoms with Gasteiger partial charge in [-0.2, -0.15) is 0 Å². The number of nitrogens with one attached hydrogen (secondary N) is 1. The van der Waals surface area contributed by atoms with Crippen molar-refractivity contribution in [2.75, 3.05) is 4.72 Å². The van der Waals surface area contributed by atoms with E-state index in [1.807, 2.05) is 0 Å². The van der Waals surface area contributed by atoms with Gasteiger partial charge in [-0.05, 0) is 24.8 Å². The maximum atomic E-state index is 13.0. The van der Waals surface area contributed by atoms with E-state index in [1.165, 1.54) is 6.26 Å². The summed E-state index contributed by atoms with van der Waals surface area (Å²) in [6.45, 7) is 0. The highest BCUT2D eigenvalue weighted by Gasteiger charge is 2.30. The summed E-state index contributed by atoms with van der Waals surface area (Å²) >= 11 is 0. The van der Waals surface area contributed by atoms with Crippen molar-refractivity contribution in [3.63, 3.8) is 0 Å². The van der Waals surface area contributed by atoms with Crippen LogP contribution in [0.3, 0.4) is 0 Å². The predicted molar refractivity (Wildman–Crippen MR) is 63.5 cm³/mol. The molecule has 2 heterocycles. The first-order chi connectivity index (χ1) is 9.06. The number of sulfonamides is 1. The number of anilines is 1. The fourth-order valence-electron chi connectivity index (χ4n) is 1.73. The molecule has 1 fully saturated rings. The fourth-order valence-corrected chi connectivity index (χ4v) is 2.73. The zero-order valence-electron chi connectivity index (χ0n) is 9.71. The van der Waals surface area contributed by atoms with Gasteiger partial charge in [-0.15, -0.1) is 0 Å². The normalized spacial score (nSPS) is 15.4. The SMILES string of the molecule is O=S(=O)(Nc1nocc1C1CC1)c1cncc(F)c1. The fraction of sp³-hybridized carbons (Fsp3) is 0.273. The van der Waals surface area contributed by atoms with Crippen LogP contribution in [-0.2, 0) is 10.0 Å². The van der Waals surface area contributed by atoms with Crippen molar-refractivity contribution in [2.45, 2.75) is 23.7 Å². The van der Waals surface area contributed by atoms with Gasteiger partial charge in [0.05, 0.1) is 6.20 Å². The summed E-state index contributed by atoms with van der Waals surface area (Å²) in [6, 6.07) is 0.895. The maximum Gasteiger partial charge on any atom is 0.264 e. The molecule has 0 unspecified atom stereocenters. The molecule has 3 rings (SSSR count). The second-order valence-electron chi connectivity index (χ2n) is 4.34. The molecule has 0 amide bonds. The van der Waals surface area contributed by atoms with Gasteiger partial charge in [-0.25, -0.2) is 12.8 Å². The quantitative estimate of drug-likeness (QED) is 0.926. The third kappa shape index (κ3) is 2.43. The molecule has 1 N–H and O–H groups in total. The highest BCUT2D eigenvalue weighted by Crippen LogP contribution is 2.43. The lowest BCUT2D eigenvalue weighted by atomic mass is 10.2. The van der Waals surface area contributed by atoms with E-state index in [9.17, 15) is 12.8 Å². The van der Waals surface area contributed by atoms with Crippen LogP contribution in [0.5, 0.6) is 0 Å². The van der Waals surface area contributed by atoms with Crippen LogP contribution in [0.2, 0.25) is 0 Å². The van der Waals surface area contributed by atoms with Gasteiger partial charge in [0.2, 0.25) is 0 Å². The number of nitrogens with zero attached hydrogens (tertiary/aromatic N) is 2. The largest absolute Gasteiger partial charge is 0.362 e. The third-order valence-corrected chi connectivity index (χ3v) is 4.14. The minimum absolute atomic E-state index is 0.159. The molecule has 2 aromatic rings. The summed E-state index contributed by atoms with van der Waals surface area (Å²) in [5.41, 5.74) is 0.730. The Kier molecular flexibility index (Phi) is 2.74. The van der Waals surface area contributed by atoms with Crippen LogP contribution in [0.25, 0.3) is 0 Å². The summed E-state index contributed by atoms with van der Waals surface area (Å²) < 4.78 is 44.2. The monoisotopic (exact) mass is 283 g/mol. The first-order valence-electron chi connectivity index (χ1n) is 5.64. The number of hydrogen-bond donors (Lipinski definition) is 1. The van der Waals surface area contributed by atoms with Crippen molar-refractivity contribution in [1.29, 1.82) is 0 Å². The number of hydrogen-bond acceptors (Lipinski definition) is 5. The zero-order chi connectivity index (χ0) is 13.5. The van der Waals surface area contributed by atoms with Gasteiger partial charge in [-0.1, -0.05) is 5.16 Å². The highest BCUT2D eigenvalue weighted by molar-refractivity contribution is 7.92. The Labute approximate surface area is 108 Å². The molecule has 0 saturated heterocycles. The maximum absolute atomic E-state index is 13.0. The van der Waals surface area contributed by atoms with Gasteiger partial charge in [-0.3, -0.25) is 9.71 Å². The standard InChI is InChI=1S/C11H10FN3O3S/c12-8-3-9(5-13-4-8)19(16,17)15-11-10(6-18-14-11)7-1-2-7/h3-7H,1-2H2,(H,14,15). The predicted octanol–water partition coefficient (Wildman–Crippen LogP) is 1.89. The first-order valence-corrected chi connectivity index (χ1v) is 7.12. The van der Waals surface area contributed by atoms with Crippen molar-refractivity contribution in [1.82, 2.24) is 10.1 Å². The van der Waals surface area contributed by atoms with Crippen LogP contribution < -0.4 is 4.72 Å². The Bertz CT molecular complexity index is 709. The van der Waals surface area contributed by atoms with Crippen LogP contribution in [0.4, 0.5) is 10.2 Å². The summed E-state index contributed by atoms with van der Waals surface area (Å²) in [6.07, 6.45) is 5.40. The van der Waals surface area contributed by atoms with Crippen molar-refractivity contribution in [3.8, 4) is 0 Å². The second-order valence-corrected chi connectivity index (χ2v) is 6.02. The molecule has 6 nitrogen and oxygen atoms in total. The minimum Gasteiger partial charge on any atom is -0.362 e. The number of rotatable bonds is 4. The number of halogens is 1. The molecule has 1 aliphatic carbocycles. The smallest absolute Gasteiger partial charge is 0.264 e. The van der Waals surface area contributed by atoms with Crippen molar-refractivity contribution < 1.29 is 17.3 Å². The molecule has 0 aromatic carbocycles. The molecular weight excluding hydrogens is 273 g/mol. The molecule has 8 heteroatoms. The molecule has 1 aliphatic rings. The lowest BCUT2D eigenvalue weighted by Crippen LogP contribution is -2.14. The average molecular weight is 283 g/mol. The van der Waals surface area contributed by atoms with Crippen LogP contribution in [0.15, 0.2) is 34.1 Å². The van der Waals surface area contributed by atoms with E-state index in [1.54, 1.807) is 0 Å². The van der Waals surface area contributed by atoms with E-state index in [0.717, 1.165) is 36.9 Å². The van der Waals surface area contributed by atoms with Crippen LogP contribution in [0.1, 0.15) is 24.3 Å². The Morgan fingerprint density at radius 2 is 2.16 bits per heavy atom. The summed E-state index contributed by atoms with van der Waals surface area (Å²) in [5.74, 6) is -0.271. The molecule has 2 aromatic heterocycles. The van der Waals surface area contributed by atoms with Gasteiger partial charge in [0.1, 0.15) is 17.0 Å². The average Bonchev–Trinajstić information content (AvgIpc) is 3.10. The van der Waals surface area contributed by atoms with Crippen LogP contribution >= 0.6 is 0 Å². The molecule has 0 aliphatic heterocycles. The Balaban J connectivity index is 1.91. The van der Waals surface area contributed by atoms with Gasteiger partial charge < -0.3 is 4.52 Å². The zero-order valence-corrected chi connectivity index (χ0v) is 10.5. The highest BCUT2D eigenvalue weighted by atomic mass is 32.2. The lowest BCUT2D eigenvalue weighted by molar-refractivity contribution is 0.422. The summed E-state index contributed by atoms with van der Waals surface area (Å²) in [4.78, 5) is 3.26. The topological polar surface area (TPSA) is 85.1 Å². The van der Waals surface area contributed by atoms with Crippen LogP contribution in [0, 0.1) is 5.82 Å². The molecule has 1 saturated carbocycles. The number of pyridine rings is 1.